The number of pyridine rings is 2. The summed E-state index contributed by atoms with van der Waals surface area (Å²) in [5.74, 6) is 0.779. The molecule has 0 aliphatic carbocycles. The fourth-order valence-corrected chi connectivity index (χ4v) is 2.75. The lowest BCUT2D eigenvalue weighted by Crippen LogP contribution is -2.34. The van der Waals surface area contributed by atoms with E-state index in [9.17, 15) is 4.79 Å². The molecule has 0 radical (unpaired) electrons. The number of rotatable bonds is 2. The molecule has 0 N–H and O–H groups in total. The van der Waals surface area contributed by atoms with E-state index in [0.29, 0.717) is 0 Å². The molecule has 3 rings (SSSR count). The Bertz CT molecular complexity index is 706. The third-order valence-electron chi connectivity index (χ3n) is 3.74. The summed E-state index contributed by atoms with van der Waals surface area (Å²) in [5.41, 5.74) is 1.78. The lowest BCUT2D eigenvalue weighted by Gasteiger charge is -2.28. The van der Waals surface area contributed by atoms with Crippen molar-refractivity contribution in [3.05, 3.63) is 34.4 Å². The van der Waals surface area contributed by atoms with Crippen molar-refractivity contribution in [1.82, 2.24) is 14.5 Å². The summed E-state index contributed by atoms with van der Waals surface area (Å²) < 4.78 is 7.77. The van der Waals surface area contributed by atoms with Crippen molar-refractivity contribution in [2.45, 2.75) is 18.9 Å². The van der Waals surface area contributed by atoms with Gasteiger partial charge in [-0.05, 0) is 33.0 Å². The van der Waals surface area contributed by atoms with Gasteiger partial charge in [0.1, 0.15) is 6.10 Å². The molecule has 3 heterocycles. The van der Waals surface area contributed by atoms with Gasteiger partial charge in [-0.1, -0.05) is 0 Å². The number of nitrogens with zero attached hydrogens (tertiary/aromatic N) is 3. The molecule has 20 heavy (non-hydrogen) atoms. The molecule has 0 saturated heterocycles. The molecule has 0 saturated carbocycles. The summed E-state index contributed by atoms with van der Waals surface area (Å²) in [5, 5.41) is 0.941. The first-order chi connectivity index (χ1) is 9.56. The van der Waals surface area contributed by atoms with Gasteiger partial charge in [-0.2, -0.15) is 0 Å². The lowest BCUT2D eigenvalue weighted by molar-refractivity contribution is 0.137. The van der Waals surface area contributed by atoms with Crippen molar-refractivity contribution in [1.29, 1.82) is 0 Å². The van der Waals surface area contributed by atoms with Crippen LogP contribution < -0.4 is 10.3 Å². The molecule has 0 aromatic carbocycles. The van der Waals surface area contributed by atoms with E-state index in [1.165, 1.54) is 0 Å². The van der Waals surface area contributed by atoms with Gasteiger partial charge in [-0.25, -0.2) is 0 Å². The Morgan fingerprint density at radius 1 is 1.45 bits per heavy atom. The van der Waals surface area contributed by atoms with Crippen LogP contribution in [0.4, 0.5) is 0 Å². The van der Waals surface area contributed by atoms with Crippen LogP contribution in [-0.2, 0) is 13.5 Å². The molecule has 1 aliphatic heterocycles. The summed E-state index contributed by atoms with van der Waals surface area (Å²) in [7, 11) is 5.86. The monoisotopic (exact) mass is 273 g/mol. The molecule has 106 valence electrons. The second-order valence-electron chi connectivity index (χ2n) is 5.61. The van der Waals surface area contributed by atoms with Gasteiger partial charge in [0.2, 0.25) is 0 Å². The van der Waals surface area contributed by atoms with E-state index in [-0.39, 0.29) is 11.7 Å². The standard InChI is InChI=1S/C15H19N3O2/c1-17(2)9-11-5-6-12-15(20-11)14-10(8-16-12)4-7-13(19)18(14)3/h4,7-8,11H,5-6,9H2,1-3H3. The van der Waals surface area contributed by atoms with Gasteiger partial charge in [0.15, 0.2) is 5.75 Å². The molecule has 1 atom stereocenters. The van der Waals surface area contributed by atoms with Crippen molar-refractivity contribution < 1.29 is 4.74 Å². The molecule has 5 heteroatoms. The fourth-order valence-electron chi connectivity index (χ4n) is 2.75. The maximum atomic E-state index is 11.9. The van der Waals surface area contributed by atoms with E-state index < -0.39 is 0 Å². The van der Waals surface area contributed by atoms with E-state index in [1.54, 1.807) is 17.7 Å². The highest BCUT2D eigenvalue weighted by Crippen LogP contribution is 2.32. The van der Waals surface area contributed by atoms with Crippen LogP contribution in [0.1, 0.15) is 12.1 Å². The van der Waals surface area contributed by atoms with Crippen LogP contribution in [0.3, 0.4) is 0 Å². The van der Waals surface area contributed by atoms with Gasteiger partial charge >= 0.3 is 0 Å². The maximum absolute atomic E-state index is 11.9. The van der Waals surface area contributed by atoms with Crippen LogP contribution in [-0.4, -0.2) is 41.2 Å². The Kier molecular flexibility index (Phi) is 3.22. The molecule has 0 fully saturated rings. The molecular weight excluding hydrogens is 254 g/mol. The smallest absolute Gasteiger partial charge is 0.250 e. The summed E-state index contributed by atoms with van der Waals surface area (Å²) in [6.45, 7) is 0.872. The second-order valence-corrected chi connectivity index (χ2v) is 5.61. The average molecular weight is 273 g/mol. The topological polar surface area (TPSA) is 47.4 Å². The van der Waals surface area contributed by atoms with E-state index >= 15 is 0 Å². The minimum Gasteiger partial charge on any atom is -0.485 e. The van der Waals surface area contributed by atoms with Crippen molar-refractivity contribution in [2.24, 2.45) is 7.05 Å². The molecule has 2 aromatic heterocycles. The van der Waals surface area contributed by atoms with Gasteiger partial charge in [0.05, 0.1) is 11.2 Å². The Morgan fingerprint density at radius 2 is 2.25 bits per heavy atom. The van der Waals surface area contributed by atoms with Crippen molar-refractivity contribution in [2.75, 3.05) is 20.6 Å². The SMILES string of the molecule is CN(C)CC1CCc2ncc3ccc(=O)n(C)c3c2O1. The normalized spacial score (nSPS) is 18.1. The maximum Gasteiger partial charge on any atom is 0.250 e. The Labute approximate surface area is 117 Å². The van der Waals surface area contributed by atoms with Gasteiger partial charge < -0.3 is 14.2 Å². The molecule has 0 spiro atoms. The predicted octanol–water partition coefficient (Wildman–Crippen LogP) is 1.19. The predicted molar refractivity (Wildman–Crippen MR) is 78.3 cm³/mol. The number of aryl methyl sites for hydroxylation is 2. The van der Waals surface area contributed by atoms with E-state index in [1.807, 2.05) is 26.4 Å². The zero-order valence-electron chi connectivity index (χ0n) is 12.1. The highest BCUT2D eigenvalue weighted by Gasteiger charge is 2.24. The average Bonchev–Trinajstić information content (AvgIpc) is 2.41. The molecule has 2 aromatic rings. The molecule has 1 unspecified atom stereocenters. The summed E-state index contributed by atoms with van der Waals surface area (Å²) in [4.78, 5) is 18.5. The van der Waals surface area contributed by atoms with Crippen LogP contribution >= 0.6 is 0 Å². The molecular formula is C15H19N3O2. The number of fused-ring (bicyclic) bond motifs is 3. The third kappa shape index (κ3) is 2.18. The summed E-state index contributed by atoms with van der Waals surface area (Å²) in [6, 6.07) is 3.38. The second kappa shape index (κ2) is 4.90. The van der Waals surface area contributed by atoms with Crippen LogP contribution in [0, 0.1) is 0 Å². The van der Waals surface area contributed by atoms with E-state index in [4.69, 9.17) is 4.74 Å². The summed E-state index contributed by atoms with van der Waals surface area (Å²) >= 11 is 0. The van der Waals surface area contributed by atoms with Gasteiger partial charge in [-0.15, -0.1) is 0 Å². The minimum atomic E-state index is -0.0239. The quantitative estimate of drug-likeness (QED) is 0.824. The van der Waals surface area contributed by atoms with E-state index in [2.05, 4.69) is 9.88 Å². The van der Waals surface area contributed by atoms with Crippen LogP contribution in [0.5, 0.6) is 5.75 Å². The molecule has 5 nitrogen and oxygen atoms in total. The number of ether oxygens (including phenoxy) is 1. The Balaban J connectivity index is 2.12. The van der Waals surface area contributed by atoms with Gasteiger partial charge in [-0.3, -0.25) is 9.78 Å². The number of likely N-dealkylation sites (N-methyl/N-ethyl adjacent to an activating group) is 1. The number of aromatic nitrogens is 2. The highest BCUT2D eigenvalue weighted by molar-refractivity contribution is 5.85. The first-order valence-corrected chi connectivity index (χ1v) is 6.85. The van der Waals surface area contributed by atoms with Crippen molar-refractivity contribution >= 4 is 10.9 Å². The lowest BCUT2D eigenvalue weighted by atomic mass is 10.0. The Morgan fingerprint density at radius 3 is 3.00 bits per heavy atom. The fraction of sp³-hybridized carbons (Fsp3) is 0.467. The van der Waals surface area contributed by atoms with Crippen LogP contribution in [0.15, 0.2) is 23.1 Å². The first-order valence-electron chi connectivity index (χ1n) is 6.85. The van der Waals surface area contributed by atoms with E-state index in [0.717, 1.165) is 41.7 Å². The van der Waals surface area contributed by atoms with Gasteiger partial charge in [0.25, 0.3) is 5.56 Å². The summed E-state index contributed by atoms with van der Waals surface area (Å²) in [6.07, 6.45) is 3.83. The number of hydrogen-bond acceptors (Lipinski definition) is 4. The Hall–Kier alpha value is -1.88. The largest absolute Gasteiger partial charge is 0.485 e. The first kappa shape index (κ1) is 13.1. The molecule has 0 bridgehead atoms. The van der Waals surface area contributed by atoms with Crippen molar-refractivity contribution in [3.63, 3.8) is 0 Å². The third-order valence-corrected chi connectivity index (χ3v) is 3.74. The van der Waals surface area contributed by atoms with Crippen LogP contribution in [0.25, 0.3) is 10.9 Å². The van der Waals surface area contributed by atoms with Gasteiger partial charge in [0, 0.05) is 31.2 Å². The molecule has 1 aliphatic rings. The van der Waals surface area contributed by atoms with Crippen molar-refractivity contribution in [3.8, 4) is 5.75 Å². The zero-order chi connectivity index (χ0) is 14.3. The zero-order valence-corrected chi connectivity index (χ0v) is 12.1. The van der Waals surface area contributed by atoms with Crippen LogP contribution in [0.2, 0.25) is 0 Å². The number of hydrogen-bond donors (Lipinski definition) is 0. The molecule has 0 amide bonds. The highest BCUT2D eigenvalue weighted by atomic mass is 16.5. The minimum absolute atomic E-state index is 0.0239.